The minimum atomic E-state index is -3.31. The molecule has 0 saturated heterocycles. The van der Waals surface area contributed by atoms with Crippen molar-refractivity contribution in [3.05, 3.63) is 29.3 Å². The van der Waals surface area contributed by atoms with Gasteiger partial charge in [-0.1, -0.05) is 18.5 Å². The van der Waals surface area contributed by atoms with Crippen LogP contribution in [0.25, 0.3) is 0 Å². The molecule has 0 atom stereocenters. The summed E-state index contributed by atoms with van der Waals surface area (Å²) in [6, 6.07) is 7.06. The molecule has 0 aliphatic rings. The highest BCUT2D eigenvalue weighted by molar-refractivity contribution is 7.72. The number of hydrogen-bond donors (Lipinski definition) is 1. The van der Waals surface area contributed by atoms with Crippen LogP contribution in [0.5, 0.6) is 0 Å². The molecule has 1 aromatic carbocycles. The predicted octanol–water partition coefficient (Wildman–Crippen LogP) is 4.74. The van der Waals surface area contributed by atoms with E-state index in [0.717, 1.165) is 5.69 Å². The van der Waals surface area contributed by atoms with E-state index in [4.69, 9.17) is 20.6 Å². The monoisotopic (exact) mass is 318 g/mol. The van der Waals surface area contributed by atoms with Crippen LogP contribution in [0.2, 0.25) is 5.02 Å². The van der Waals surface area contributed by atoms with Gasteiger partial charge in [0.1, 0.15) is 5.45 Å². The van der Waals surface area contributed by atoms with Crippen LogP contribution in [0.3, 0.4) is 0 Å². The van der Waals surface area contributed by atoms with Crippen molar-refractivity contribution < 1.29 is 13.6 Å². The van der Waals surface area contributed by atoms with E-state index in [2.05, 4.69) is 10.5 Å². The van der Waals surface area contributed by atoms with Gasteiger partial charge >= 0.3 is 7.60 Å². The van der Waals surface area contributed by atoms with Crippen LogP contribution in [0, 0.1) is 0 Å². The summed E-state index contributed by atoms with van der Waals surface area (Å²) >= 11 is 5.81. The van der Waals surface area contributed by atoms with Crippen molar-refractivity contribution in [1.82, 2.24) is 0 Å². The van der Waals surface area contributed by atoms with E-state index in [0.29, 0.717) is 30.1 Å². The lowest BCUT2D eigenvalue weighted by molar-refractivity contribution is 0.232. The maximum Gasteiger partial charge on any atom is 0.377 e. The lowest BCUT2D eigenvalue weighted by Crippen LogP contribution is -2.08. The summed E-state index contributed by atoms with van der Waals surface area (Å²) in [5.74, 6) is 0. The molecule has 0 heterocycles. The molecule has 0 saturated carbocycles. The zero-order chi connectivity index (χ0) is 15.0. The number of hydrazone groups is 1. The van der Waals surface area contributed by atoms with Gasteiger partial charge in [-0.15, -0.1) is 0 Å². The molecule has 1 N–H and O–H groups in total. The third-order valence-electron chi connectivity index (χ3n) is 2.39. The Bertz CT molecular complexity index is 481. The van der Waals surface area contributed by atoms with Gasteiger partial charge in [-0.25, -0.2) is 0 Å². The maximum absolute atomic E-state index is 12.6. The number of nitrogens with one attached hydrogen (secondary N) is 1. The van der Waals surface area contributed by atoms with E-state index in [1.165, 1.54) is 0 Å². The number of nitrogens with zero attached hydrogens (tertiary/aromatic N) is 1. The molecule has 0 amide bonds. The van der Waals surface area contributed by atoms with Gasteiger partial charge in [0.15, 0.2) is 0 Å². The topological polar surface area (TPSA) is 59.9 Å². The maximum atomic E-state index is 12.6. The quantitative estimate of drug-likeness (QED) is 0.427. The Morgan fingerprint density at radius 3 is 2.20 bits per heavy atom. The molecule has 0 bridgehead atoms. The van der Waals surface area contributed by atoms with E-state index < -0.39 is 7.60 Å². The van der Waals surface area contributed by atoms with Crippen LogP contribution >= 0.6 is 19.2 Å². The van der Waals surface area contributed by atoms with E-state index in [1.807, 2.05) is 6.92 Å². The Morgan fingerprint density at radius 2 is 1.75 bits per heavy atom. The van der Waals surface area contributed by atoms with Crippen molar-refractivity contribution in [2.75, 3.05) is 18.6 Å². The smallest absolute Gasteiger partial charge is 0.305 e. The van der Waals surface area contributed by atoms with Crippen molar-refractivity contribution in [2.24, 2.45) is 5.10 Å². The summed E-state index contributed by atoms with van der Waals surface area (Å²) in [6.07, 6.45) is 0.470. The fourth-order valence-electron chi connectivity index (χ4n) is 1.51. The third-order valence-corrected chi connectivity index (χ3v) is 4.89. The Morgan fingerprint density at radius 1 is 1.20 bits per heavy atom. The van der Waals surface area contributed by atoms with Crippen molar-refractivity contribution in [3.8, 4) is 0 Å². The first-order chi connectivity index (χ1) is 9.55. The Balaban J connectivity index is 2.89. The van der Waals surface area contributed by atoms with Crippen molar-refractivity contribution >= 4 is 30.3 Å². The summed E-state index contributed by atoms with van der Waals surface area (Å²) in [6.45, 7) is 6.00. The van der Waals surface area contributed by atoms with Gasteiger partial charge in [-0.2, -0.15) is 5.10 Å². The highest BCUT2D eigenvalue weighted by atomic mass is 35.5. The van der Waals surface area contributed by atoms with Gasteiger partial charge in [0.05, 0.1) is 18.9 Å². The predicted molar refractivity (Wildman–Crippen MR) is 83.7 cm³/mol. The first-order valence-corrected chi connectivity index (χ1v) is 8.45. The molecule has 0 unspecified atom stereocenters. The SMILES string of the molecule is CCOP(=O)(OCC)/C(CC)=N/Nc1ccc(Cl)cc1. The second-order valence-corrected chi connectivity index (χ2v) is 6.30. The van der Waals surface area contributed by atoms with Crippen LogP contribution in [0.1, 0.15) is 27.2 Å². The molecule has 0 spiro atoms. The Labute approximate surface area is 124 Å². The highest BCUT2D eigenvalue weighted by Gasteiger charge is 2.30. The molecule has 112 valence electrons. The summed E-state index contributed by atoms with van der Waals surface area (Å²) in [7, 11) is -3.31. The molecule has 0 aliphatic carbocycles. The Kier molecular flexibility index (Phi) is 7.24. The van der Waals surface area contributed by atoms with Gasteiger partial charge in [-0.3, -0.25) is 9.99 Å². The summed E-state index contributed by atoms with van der Waals surface area (Å²) in [5.41, 5.74) is 3.96. The van der Waals surface area contributed by atoms with Gasteiger partial charge in [0.2, 0.25) is 0 Å². The summed E-state index contributed by atoms with van der Waals surface area (Å²) < 4.78 is 23.1. The summed E-state index contributed by atoms with van der Waals surface area (Å²) in [4.78, 5) is 0. The third kappa shape index (κ3) is 4.91. The lowest BCUT2D eigenvalue weighted by atomic mass is 10.3. The molecule has 7 heteroatoms. The molecule has 1 rings (SSSR count). The van der Waals surface area contributed by atoms with E-state index in [9.17, 15) is 4.57 Å². The zero-order valence-electron chi connectivity index (χ0n) is 11.9. The highest BCUT2D eigenvalue weighted by Crippen LogP contribution is 2.50. The second kappa shape index (κ2) is 8.42. The normalized spacial score (nSPS) is 12.5. The molecule has 0 radical (unpaired) electrons. The number of rotatable bonds is 8. The van der Waals surface area contributed by atoms with E-state index in [-0.39, 0.29) is 0 Å². The standard InChI is InChI=1S/C13H20ClN2O3P/c1-4-13(20(17,18-5-2)19-6-3)16-15-12-9-7-11(14)8-10-12/h7-10,15H,4-6H2,1-3H3/b16-13+. The summed E-state index contributed by atoms with van der Waals surface area (Å²) in [5, 5.41) is 4.80. The molecule has 1 aromatic rings. The lowest BCUT2D eigenvalue weighted by Gasteiger charge is -2.18. The molecular formula is C13H20ClN2O3P. The average molecular weight is 319 g/mol. The fraction of sp³-hybridized carbons (Fsp3) is 0.462. The number of benzene rings is 1. The van der Waals surface area contributed by atoms with Crippen molar-refractivity contribution in [2.45, 2.75) is 27.2 Å². The van der Waals surface area contributed by atoms with Crippen LogP contribution in [-0.4, -0.2) is 18.7 Å². The van der Waals surface area contributed by atoms with Crippen LogP contribution in [0.4, 0.5) is 5.69 Å². The molecule has 0 aromatic heterocycles. The van der Waals surface area contributed by atoms with Gasteiger partial charge < -0.3 is 9.05 Å². The van der Waals surface area contributed by atoms with Gasteiger partial charge in [0, 0.05) is 5.02 Å². The molecule has 20 heavy (non-hydrogen) atoms. The Hall–Kier alpha value is -0.870. The zero-order valence-corrected chi connectivity index (χ0v) is 13.6. The number of halogens is 1. The van der Waals surface area contributed by atoms with Gasteiger partial charge in [0.25, 0.3) is 0 Å². The first-order valence-electron chi connectivity index (χ1n) is 6.53. The van der Waals surface area contributed by atoms with Crippen LogP contribution in [0.15, 0.2) is 29.4 Å². The van der Waals surface area contributed by atoms with Gasteiger partial charge in [-0.05, 0) is 44.5 Å². The van der Waals surface area contributed by atoms with Crippen LogP contribution in [-0.2, 0) is 13.6 Å². The minimum Gasteiger partial charge on any atom is -0.305 e. The average Bonchev–Trinajstić information content (AvgIpc) is 2.42. The van der Waals surface area contributed by atoms with Crippen LogP contribution < -0.4 is 5.43 Å². The van der Waals surface area contributed by atoms with Crippen molar-refractivity contribution in [3.63, 3.8) is 0 Å². The first kappa shape index (κ1) is 17.2. The van der Waals surface area contributed by atoms with E-state index in [1.54, 1.807) is 38.1 Å². The number of hydrogen-bond acceptors (Lipinski definition) is 5. The molecular weight excluding hydrogens is 299 g/mol. The molecule has 0 fully saturated rings. The largest absolute Gasteiger partial charge is 0.377 e. The molecule has 5 nitrogen and oxygen atoms in total. The molecule has 0 aliphatic heterocycles. The number of anilines is 1. The fourth-order valence-corrected chi connectivity index (χ4v) is 3.25. The van der Waals surface area contributed by atoms with E-state index >= 15 is 0 Å². The second-order valence-electron chi connectivity index (χ2n) is 3.83. The van der Waals surface area contributed by atoms with Crippen molar-refractivity contribution in [1.29, 1.82) is 0 Å². The minimum absolute atomic E-state index is 0.303.